The molecule has 0 radical (unpaired) electrons. The molecule has 0 atom stereocenters. The van der Waals surface area contributed by atoms with Crippen LogP contribution in [0.4, 0.5) is 5.69 Å². The minimum absolute atomic E-state index is 0.00976. The number of para-hydroxylation sites is 1. The molecule has 0 saturated heterocycles. The third-order valence-electron chi connectivity index (χ3n) is 3.22. The van der Waals surface area contributed by atoms with Gasteiger partial charge in [-0.15, -0.1) is 0 Å². The van der Waals surface area contributed by atoms with Crippen LogP contribution in [-0.2, 0) is 10.0 Å². The van der Waals surface area contributed by atoms with Gasteiger partial charge in [-0.3, -0.25) is 9.82 Å². The van der Waals surface area contributed by atoms with Crippen molar-refractivity contribution in [1.82, 2.24) is 10.2 Å². The summed E-state index contributed by atoms with van der Waals surface area (Å²) < 4.78 is 32.7. The van der Waals surface area contributed by atoms with E-state index in [2.05, 4.69) is 14.9 Å². The zero-order chi connectivity index (χ0) is 16.6. The first-order valence-electron chi connectivity index (χ1n) is 6.40. The van der Waals surface area contributed by atoms with E-state index in [0.717, 1.165) is 5.39 Å². The number of methoxy groups -OCH3 is 1. The molecular formula is C14H11Cl2N3O3S. The summed E-state index contributed by atoms with van der Waals surface area (Å²) in [7, 11) is -2.51. The molecule has 0 aliphatic carbocycles. The van der Waals surface area contributed by atoms with E-state index in [9.17, 15) is 8.42 Å². The average molecular weight is 372 g/mol. The van der Waals surface area contributed by atoms with Crippen LogP contribution in [0.15, 0.2) is 41.4 Å². The number of halogens is 2. The minimum atomic E-state index is -3.93. The second-order valence-electron chi connectivity index (χ2n) is 4.66. The lowest BCUT2D eigenvalue weighted by atomic mass is 10.2. The van der Waals surface area contributed by atoms with Crippen molar-refractivity contribution in [3.05, 3.63) is 46.6 Å². The SMILES string of the molecule is COc1cc(Cl)c(S(=O)(=O)Nc2cccc3cn[nH]c23)cc1Cl. The number of hydrogen-bond acceptors (Lipinski definition) is 4. The monoisotopic (exact) mass is 371 g/mol. The van der Waals surface area contributed by atoms with Gasteiger partial charge in [-0.25, -0.2) is 8.42 Å². The van der Waals surface area contributed by atoms with Crippen LogP contribution in [0.3, 0.4) is 0 Å². The number of aromatic nitrogens is 2. The number of nitrogens with one attached hydrogen (secondary N) is 2. The largest absolute Gasteiger partial charge is 0.495 e. The summed E-state index contributed by atoms with van der Waals surface area (Å²) in [6.07, 6.45) is 1.60. The van der Waals surface area contributed by atoms with Gasteiger partial charge >= 0.3 is 0 Å². The minimum Gasteiger partial charge on any atom is -0.495 e. The van der Waals surface area contributed by atoms with Gasteiger partial charge in [0.2, 0.25) is 0 Å². The third-order valence-corrected chi connectivity index (χ3v) is 5.34. The number of fused-ring (bicyclic) bond motifs is 1. The lowest BCUT2D eigenvalue weighted by Crippen LogP contribution is -2.14. The number of anilines is 1. The fourth-order valence-electron chi connectivity index (χ4n) is 2.13. The first-order chi connectivity index (χ1) is 10.9. The van der Waals surface area contributed by atoms with E-state index in [1.54, 1.807) is 18.3 Å². The number of hydrogen-bond donors (Lipinski definition) is 2. The van der Waals surface area contributed by atoms with Crippen molar-refractivity contribution in [3.63, 3.8) is 0 Å². The van der Waals surface area contributed by atoms with Gasteiger partial charge in [0.15, 0.2) is 0 Å². The van der Waals surface area contributed by atoms with Crippen molar-refractivity contribution in [2.24, 2.45) is 0 Å². The van der Waals surface area contributed by atoms with Gasteiger partial charge in [-0.1, -0.05) is 35.3 Å². The second-order valence-corrected chi connectivity index (χ2v) is 7.13. The molecule has 0 bridgehead atoms. The van der Waals surface area contributed by atoms with Crippen LogP contribution in [0.25, 0.3) is 10.9 Å². The fourth-order valence-corrected chi connectivity index (χ4v) is 4.05. The molecule has 1 heterocycles. The Labute approximate surface area is 142 Å². The maximum atomic E-state index is 12.6. The van der Waals surface area contributed by atoms with Crippen LogP contribution in [0.2, 0.25) is 10.0 Å². The average Bonchev–Trinajstić information content (AvgIpc) is 2.98. The molecule has 0 unspecified atom stereocenters. The molecular weight excluding hydrogens is 361 g/mol. The van der Waals surface area contributed by atoms with Crippen molar-refractivity contribution in [2.75, 3.05) is 11.8 Å². The molecule has 2 aromatic carbocycles. The van der Waals surface area contributed by atoms with Gasteiger partial charge < -0.3 is 4.74 Å². The highest BCUT2D eigenvalue weighted by atomic mass is 35.5. The van der Waals surface area contributed by atoms with Gasteiger partial charge in [0.1, 0.15) is 10.6 Å². The molecule has 0 spiro atoms. The molecule has 9 heteroatoms. The van der Waals surface area contributed by atoms with Crippen molar-refractivity contribution in [2.45, 2.75) is 4.90 Å². The number of ether oxygens (including phenoxy) is 1. The third kappa shape index (κ3) is 2.95. The summed E-state index contributed by atoms with van der Waals surface area (Å²) in [4.78, 5) is -0.138. The highest BCUT2D eigenvalue weighted by Crippen LogP contribution is 2.34. The molecule has 3 rings (SSSR count). The molecule has 0 saturated carbocycles. The predicted octanol–water partition coefficient (Wildman–Crippen LogP) is 3.68. The summed E-state index contributed by atoms with van der Waals surface area (Å²) in [6.45, 7) is 0. The van der Waals surface area contributed by atoms with Gasteiger partial charge in [-0.05, 0) is 12.1 Å². The van der Waals surface area contributed by atoms with E-state index in [1.165, 1.54) is 19.2 Å². The number of nitrogens with zero attached hydrogens (tertiary/aromatic N) is 1. The standard InChI is InChI=1S/C14H11Cl2N3O3S/c1-22-12-5-10(16)13(6-9(12)15)23(20,21)19-11-4-2-3-8-7-17-18-14(8)11/h2-7,19H,1H3,(H,17,18). The molecule has 0 aliphatic rings. The topological polar surface area (TPSA) is 84.1 Å². The summed E-state index contributed by atoms with van der Waals surface area (Å²) in [5, 5.41) is 7.59. The van der Waals surface area contributed by atoms with Crippen molar-refractivity contribution in [1.29, 1.82) is 0 Å². The van der Waals surface area contributed by atoms with Gasteiger partial charge in [-0.2, -0.15) is 5.10 Å². The van der Waals surface area contributed by atoms with E-state index < -0.39 is 10.0 Å². The quantitative estimate of drug-likeness (QED) is 0.732. The smallest absolute Gasteiger partial charge is 0.263 e. The van der Waals surface area contributed by atoms with Gasteiger partial charge in [0.05, 0.1) is 34.6 Å². The Morgan fingerprint density at radius 1 is 1.22 bits per heavy atom. The summed E-state index contributed by atoms with van der Waals surface area (Å²) >= 11 is 12.0. The highest BCUT2D eigenvalue weighted by Gasteiger charge is 2.21. The molecule has 0 amide bonds. The number of sulfonamides is 1. The molecule has 3 aromatic rings. The number of rotatable bonds is 4. The Morgan fingerprint density at radius 3 is 2.74 bits per heavy atom. The van der Waals surface area contributed by atoms with Crippen LogP contribution in [0, 0.1) is 0 Å². The van der Waals surface area contributed by atoms with Gasteiger partial charge in [0, 0.05) is 11.5 Å². The van der Waals surface area contributed by atoms with E-state index >= 15 is 0 Å². The maximum Gasteiger partial charge on any atom is 0.263 e. The predicted molar refractivity (Wildman–Crippen MR) is 89.9 cm³/mol. The normalized spacial score (nSPS) is 11.6. The molecule has 23 heavy (non-hydrogen) atoms. The Kier molecular flexibility index (Phi) is 4.09. The van der Waals surface area contributed by atoms with E-state index in [-0.39, 0.29) is 14.9 Å². The molecule has 0 fully saturated rings. The Balaban J connectivity index is 2.06. The maximum absolute atomic E-state index is 12.6. The van der Waals surface area contributed by atoms with Crippen molar-refractivity contribution < 1.29 is 13.2 Å². The Morgan fingerprint density at radius 2 is 2.00 bits per heavy atom. The highest BCUT2D eigenvalue weighted by molar-refractivity contribution is 7.92. The lowest BCUT2D eigenvalue weighted by molar-refractivity contribution is 0.414. The summed E-state index contributed by atoms with van der Waals surface area (Å²) in [5.41, 5.74) is 0.940. The Bertz CT molecular complexity index is 986. The number of benzene rings is 2. The second kappa shape index (κ2) is 5.92. The van der Waals surface area contributed by atoms with Crippen LogP contribution >= 0.6 is 23.2 Å². The molecule has 2 N–H and O–H groups in total. The molecule has 6 nitrogen and oxygen atoms in total. The summed E-state index contributed by atoms with van der Waals surface area (Å²) in [5.74, 6) is 0.297. The Hall–Kier alpha value is -1.96. The van der Waals surface area contributed by atoms with E-state index in [4.69, 9.17) is 27.9 Å². The molecule has 0 aliphatic heterocycles. The van der Waals surface area contributed by atoms with Crippen LogP contribution in [0.1, 0.15) is 0 Å². The van der Waals surface area contributed by atoms with Crippen molar-refractivity contribution >= 4 is 49.8 Å². The van der Waals surface area contributed by atoms with E-state index in [1.807, 2.05) is 6.07 Å². The summed E-state index contributed by atoms with van der Waals surface area (Å²) in [6, 6.07) is 7.76. The molecule has 120 valence electrons. The van der Waals surface area contributed by atoms with Crippen molar-refractivity contribution in [3.8, 4) is 5.75 Å². The molecule has 1 aromatic heterocycles. The van der Waals surface area contributed by atoms with E-state index in [0.29, 0.717) is 17.0 Å². The van der Waals surface area contributed by atoms with Gasteiger partial charge in [0.25, 0.3) is 10.0 Å². The first kappa shape index (κ1) is 15.9. The van der Waals surface area contributed by atoms with Crippen LogP contribution in [-0.4, -0.2) is 25.7 Å². The lowest BCUT2D eigenvalue weighted by Gasteiger charge is -2.12. The van der Waals surface area contributed by atoms with Crippen LogP contribution < -0.4 is 9.46 Å². The zero-order valence-corrected chi connectivity index (χ0v) is 14.1. The number of aromatic amines is 1. The zero-order valence-electron chi connectivity index (χ0n) is 11.8. The fraction of sp³-hybridized carbons (Fsp3) is 0.0714. The number of H-pyrrole nitrogens is 1. The first-order valence-corrected chi connectivity index (χ1v) is 8.64. The van der Waals surface area contributed by atoms with Crippen LogP contribution in [0.5, 0.6) is 5.75 Å².